The highest BCUT2D eigenvalue weighted by atomic mass is 79.9. The van der Waals surface area contributed by atoms with Crippen molar-refractivity contribution in [1.82, 2.24) is 0 Å². The molecule has 0 radical (unpaired) electrons. The van der Waals surface area contributed by atoms with Gasteiger partial charge in [0.2, 0.25) is 0 Å². The number of halogens is 2. The molecule has 0 saturated carbocycles. The second kappa shape index (κ2) is 5.72. The number of hydrogen-bond acceptors (Lipinski definition) is 2. The Morgan fingerprint density at radius 3 is 2.63 bits per heavy atom. The Bertz CT molecular complexity index is 601. The SMILES string of the molecule is COc1cccc(C(N)c2ccc(C)c(Br)c2)c1F. The van der Waals surface area contributed by atoms with Crippen LogP contribution in [0.5, 0.6) is 5.75 Å². The van der Waals surface area contributed by atoms with Crippen molar-refractivity contribution in [2.45, 2.75) is 13.0 Å². The fraction of sp³-hybridized carbons (Fsp3) is 0.200. The third-order valence-electron chi connectivity index (χ3n) is 3.10. The van der Waals surface area contributed by atoms with Crippen LogP contribution in [0.25, 0.3) is 0 Å². The number of hydrogen-bond donors (Lipinski definition) is 1. The maximum Gasteiger partial charge on any atom is 0.170 e. The summed E-state index contributed by atoms with van der Waals surface area (Å²) in [5, 5.41) is 0. The van der Waals surface area contributed by atoms with Crippen molar-refractivity contribution in [1.29, 1.82) is 0 Å². The lowest BCUT2D eigenvalue weighted by atomic mass is 9.98. The van der Waals surface area contributed by atoms with E-state index in [-0.39, 0.29) is 5.75 Å². The first-order valence-corrected chi connectivity index (χ1v) is 6.68. The molecule has 0 spiro atoms. The smallest absolute Gasteiger partial charge is 0.170 e. The molecule has 1 unspecified atom stereocenters. The molecule has 0 amide bonds. The first-order chi connectivity index (χ1) is 9.04. The largest absolute Gasteiger partial charge is 0.494 e. The summed E-state index contributed by atoms with van der Waals surface area (Å²) in [4.78, 5) is 0. The van der Waals surface area contributed by atoms with E-state index in [0.717, 1.165) is 15.6 Å². The summed E-state index contributed by atoms with van der Waals surface area (Å²) in [5.74, 6) is -0.201. The molecule has 100 valence electrons. The predicted octanol–water partition coefficient (Wildman–Crippen LogP) is 3.95. The third kappa shape index (κ3) is 2.80. The molecule has 2 rings (SSSR count). The molecule has 2 aromatic carbocycles. The van der Waals surface area contributed by atoms with Crippen LogP contribution in [0.4, 0.5) is 4.39 Å². The van der Waals surface area contributed by atoms with E-state index in [9.17, 15) is 4.39 Å². The molecule has 0 aliphatic carbocycles. The zero-order chi connectivity index (χ0) is 14.0. The topological polar surface area (TPSA) is 35.2 Å². The monoisotopic (exact) mass is 323 g/mol. The molecule has 2 aromatic rings. The van der Waals surface area contributed by atoms with Gasteiger partial charge in [0.05, 0.1) is 13.2 Å². The molecule has 0 saturated heterocycles. The molecule has 0 heterocycles. The van der Waals surface area contributed by atoms with Crippen LogP contribution < -0.4 is 10.5 Å². The van der Waals surface area contributed by atoms with Gasteiger partial charge in [-0.15, -0.1) is 0 Å². The van der Waals surface area contributed by atoms with Crippen LogP contribution in [0, 0.1) is 12.7 Å². The summed E-state index contributed by atoms with van der Waals surface area (Å²) < 4.78 is 20.1. The summed E-state index contributed by atoms with van der Waals surface area (Å²) in [5.41, 5.74) is 8.53. The van der Waals surface area contributed by atoms with Gasteiger partial charge in [-0.05, 0) is 30.2 Å². The highest BCUT2D eigenvalue weighted by molar-refractivity contribution is 9.10. The Balaban J connectivity index is 2.43. The van der Waals surface area contributed by atoms with Crippen LogP contribution in [-0.2, 0) is 0 Å². The second-order valence-corrected chi connectivity index (χ2v) is 5.20. The maximum absolute atomic E-state index is 14.2. The molecule has 1 atom stereocenters. The average molecular weight is 324 g/mol. The van der Waals surface area contributed by atoms with Crippen molar-refractivity contribution in [2.24, 2.45) is 5.73 Å². The second-order valence-electron chi connectivity index (χ2n) is 4.35. The van der Waals surface area contributed by atoms with Gasteiger partial charge >= 0.3 is 0 Å². The average Bonchev–Trinajstić information content (AvgIpc) is 2.41. The van der Waals surface area contributed by atoms with E-state index in [4.69, 9.17) is 10.5 Å². The van der Waals surface area contributed by atoms with E-state index >= 15 is 0 Å². The van der Waals surface area contributed by atoms with Gasteiger partial charge in [0.25, 0.3) is 0 Å². The van der Waals surface area contributed by atoms with E-state index in [1.807, 2.05) is 25.1 Å². The van der Waals surface area contributed by atoms with Crippen LogP contribution in [0.2, 0.25) is 0 Å². The summed E-state index contributed by atoms with van der Waals surface area (Å²) in [6.45, 7) is 1.99. The molecule has 0 aromatic heterocycles. The van der Waals surface area contributed by atoms with E-state index in [1.54, 1.807) is 18.2 Å². The highest BCUT2D eigenvalue weighted by Crippen LogP contribution is 2.29. The van der Waals surface area contributed by atoms with Crippen molar-refractivity contribution in [3.05, 3.63) is 63.4 Å². The lowest BCUT2D eigenvalue weighted by Crippen LogP contribution is -2.14. The number of methoxy groups -OCH3 is 1. The Kier molecular flexibility index (Phi) is 4.22. The molecule has 0 bridgehead atoms. The predicted molar refractivity (Wildman–Crippen MR) is 77.9 cm³/mol. The van der Waals surface area contributed by atoms with Crippen LogP contribution in [0.15, 0.2) is 40.9 Å². The lowest BCUT2D eigenvalue weighted by molar-refractivity contribution is 0.383. The summed E-state index contributed by atoms with van der Waals surface area (Å²) >= 11 is 3.46. The number of nitrogens with two attached hydrogens (primary N) is 1. The van der Waals surface area contributed by atoms with Crippen LogP contribution in [0.1, 0.15) is 22.7 Å². The van der Waals surface area contributed by atoms with E-state index in [1.165, 1.54) is 7.11 Å². The van der Waals surface area contributed by atoms with Crippen molar-refractivity contribution in [2.75, 3.05) is 7.11 Å². The molecule has 2 nitrogen and oxygen atoms in total. The normalized spacial score (nSPS) is 12.3. The molecule has 0 aliphatic rings. The van der Waals surface area contributed by atoms with Gasteiger partial charge < -0.3 is 10.5 Å². The Labute approximate surface area is 120 Å². The fourth-order valence-electron chi connectivity index (χ4n) is 1.91. The minimum absolute atomic E-state index is 0.208. The van der Waals surface area contributed by atoms with E-state index in [0.29, 0.717) is 5.56 Å². The van der Waals surface area contributed by atoms with Gasteiger partial charge in [0.15, 0.2) is 11.6 Å². The molecule has 0 fully saturated rings. The van der Waals surface area contributed by atoms with Crippen molar-refractivity contribution >= 4 is 15.9 Å². The molecule has 2 N–H and O–H groups in total. The first kappa shape index (κ1) is 14.0. The van der Waals surface area contributed by atoms with Gasteiger partial charge in [-0.1, -0.05) is 40.2 Å². The van der Waals surface area contributed by atoms with E-state index in [2.05, 4.69) is 15.9 Å². The van der Waals surface area contributed by atoms with Crippen molar-refractivity contribution in [3.63, 3.8) is 0 Å². The number of rotatable bonds is 3. The van der Waals surface area contributed by atoms with Crippen molar-refractivity contribution < 1.29 is 9.13 Å². The standard InChI is InChI=1S/C15H15BrFNO/c1-9-6-7-10(8-12(9)16)15(18)11-4-3-5-13(19-2)14(11)17/h3-8,15H,18H2,1-2H3. The number of benzene rings is 2. The molecule has 19 heavy (non-hydrogen) atoms. The Morgan fingerprint density at radius 2 is 2.00 bits per heavy atom. The van der Waals surface area contributed by atoms with Crippen LogP contribution >= 0.6 is 15.9 Å². The Hall–Kier alpha value is -1.39. The molecular weight excluding hydrogens is 309 g/mol. The van der Waals surface area contributed by atoms with Gasteiger partial charge in [-0.2, -0.15) is 0 Å². The quantitative estimate of drug-likeness (QED) is 0.928. The highest BCUT2D eigenvalue weighted by Gasteiger charge is 2.17. The minimum atomic E-state index is -0.521. The summed E-state index contributed by atoms with van der Waals surface area (Å²) in [6.07, 6.45) is 0. The number of aryl methyl sites for hydroxylation is 1. The van der Waals surface area contributed by atoms with Crippen molar-refractivity contribution in [3.8, 4) is 5.75 Å². The molecule has 0 aliphatic heterocycles. The molecular formula is C15H15BrFNO. The Morgan fingerprint density at radius 1 is 1.26 bits per heavy atom. The van der Waals surface area contributed by atoms with Crippen LogP contribution in [-0.4, -0.2) is 7.11 Å². The maximum atomic E-state index is 14.2. The van der Waals surface area contributed by atoms with Gasteiger partial charge in [-0.25, -0.2) is 4.39 Å². The zero-order valence-corrected chi connectivity index (χ0v) is 12.4. The van der Waals surface area contributed by atoms with Gasteiger partial charge in [0.1, 0.15) is 0 Å². The fourth-order valence-corrected chi connectivity index (χ4v) is 2.30. The molecule has 4 heteroatoms. The van der Waals surface area contributed by atoms with Crippen LogP contribution in [0.3, 0.4) is 0 Å². The minimum Gasteiger partial charge on any atom is -0.494 e. The number of ether oxygens (including phenoxy) is 1. The van der Waals surface area contributed by atoms with E-state index < -0.39 is 11.9 Å². The van der Waals surface area contributed by atoms with Gasteiger partial charge in [-0.3, -0.25) is 0 Å². The summed E-state index contributed by atoms with van der Waals surface area (Å²) in [7, 11) is 1.44. The first-order valence-electron chi connectivity index (χ1n) is 5.88. The third-order valence-corrected chi connectivity index (χ3v) is 3.96. The lowest BCUT2D eigenvalue weighted by Gasteiger charge is -2.16. The van der Waals surface area contributed by atoms with Gasteiger partial charge in [0, 0.05) is 10.0 Å². The zero-order valence-electron chi connectivity index (χ0n) is 10.8. The summed E-state index contributed by atoms with van der Waals surface area (Å²) in [6, 6.07) is 10.2.